The van der Waals surface area contributed by atoms with E-state index in [1.807, 2.05) is 13.0 Å². The van der Waals surface area contributed by atoms with Crippen molar-refractivity contribution in [3.05, 3.63) is 28.3 Å². The van der Waals surface area contributed by atoms with Crippen LogP contribution >= 0.6 is 15.9 Å². The largest absolute Gasteiger partial charge is 0.492 e. The Morgan fingerprint density at radius 3 is 2.16 bits per heavy atom. The van der Waals surface area contributed by atoms with Crippen LogP contribution in [-0.2, 0) is 6.42 Å². The number of hydrogen-bond donors (Lipinski definition) is 0. The fraction of sp³-hybridized carbons (Fsp3) is 0.467. The minimum absolute atomic E-state index is 0.434. The third-order valence-electron chi connectivity index (χ3n) is 2.90. The number of halogens is 1. The van der Waals surface area contributed by atoms with Crippen LogP contribution in [0.15, 0.2) is 22.7 Å². The third-order valence-corrected chi connectivity index (χ3v) is 3.49. The van der Waals surface area contributed by atoms with E-state index < -0.39 is 0 Å². The van der Waals surface area contributed by atoms with Crippen molar-refractivity contribution < 1.29 is 14.2 Å². The van der Waals surface area contributed by atoms with E-state index in [0.29, 0.717) is 17.4 Å². The average molecular weight is 329 g/mol. The third kappa shape index (κ3) is 3.66. The van der Waals surface area contributed by atoms with Crippen molar-refractivity contribution in [1.82, 2.24) is 0 Å². The number of methoxy groups -OCH3 is 3. The van der Waals surface area contributed by atoms with E-state index in [2.05, 4.69) is 35.0 Å². The molecule has 0 aromatic heterocycles. The van der Waals surface area contributed by atoms with E-state index in [1.165, 1.54) is 0 Å². The molecule has 0 spiro atoms. The molecule has 1 aromatic carbocycles. The van der Waals surface area contributed by atoms with Crippen LogP contribution in [0, 0.1) is 5.92 Å². The molecule has 0 aliphatic carbocycles. The average Bonchev–Trinajstić information content (AvgIpc) is 2.38. The minimum atomic E-state index is 0.434. The molecule has 0 saturated heterocycles. The fourth-order valence-corrected chi connectivity index (χ4v) is 2.75. The molecule has 106 valence electrons. The monoisotopic (exact) mass is 328 g/mol. The van der Waals surface area contributed by atoms with Crippen LogP contribution in [0.1, 0.15) is 19.4 Å². The second-order valence-electron chi connectivity index (χ2n) is 4.32. The van der Waals surface area contributed by atoms with E-state index in [1.54, 1.807) is 21.3 Å². The van der Waals surface area contributed by atoms with Crippen LogP contribution in [0.25, 0.3) is 0 Å². The lowest BCUT2D eigenvalue weighted by atomic mass is 9.99. The van der Waals surface area contributed by atoms with E-state index in [4.69, 9.17) is 14.2 Å². The zero-order chi connectivity index (χ0) is 14.4. The molecule has 1 unspecified atom stereocenters. The van der Waals surface area contributed by atoms with Crippen molar-refractivity contribution in [3.63, 3.8) is 0 Å². The maximum absolute atomic E-state index is 5.49. The Labute approximate surface area is 123 Å². The van der Waals surface area contributed by atoms with Crippen molar-refractivity contribution in [2.45, 2.75) is 20.3 Å². The van der Waals surface area contributed by atoms with Crippen molar-refractivity contribution in [3.8, 4) is 17.2 Å². The van der Waals surface area contributed by atoms with Gasteiger partial charge in [0.25, 0.3) is 0 Å². The quantitative estimate of drug-likeness (QED) is 0.731. The van der Waals surface area contributed by atoms with Crippen LogP contribution in [0.5, 0.6) is 17.2 Å². The summed E-state index contributed by atoms with van der Waals surface area (Å²) in [5.74, 6) is 2.45. The second kappa shape index (κ2) is 7.43. The molecule has 1 rings (SSSR count). The molecule has 0 amide bonds. The number of hydrogen-bond acceptors (Lipinski definition) is 3. The first-order valence-corrected chi connectivity index (χ1v) is 6.98. The zero-order valence-electron chi connectivity index (χ0n) is 12.1. The highest BCUT2D eigenvalue weighted by Gasteiger charge is 2.20. The molecule has 0 radical (unpaired) electrons. The molecule has 0 heterocycles. The smallest absolute Gasteiger partial charge is 0.204 e. The molecule has 0 N–H and O–H groups in total. The highest BCUT2D eigenvalue weighted by Crippen LogP contribution is 2.45. The van der Waals surface area contributed by atoms with Gasteiger partial charge in [0.2, 0.25) is 5.75 Å². The summed E-state index contributed by atoms with van der Waals surface area (Å²) in [6.07, 6.45) is 5.11. The Balaban J connectivity index is 3.28. The van der Waals surface area contributed by atoms with E-state index in [9.17, 15) is 0 Å². The normalized spacial score (nSPS) is 12.5. The summed E-state index contributed by atoms with van der Waals surface area (Å²) in [6.45, 7) is 4.20. The zero-order valence-corrected chi connectivity index (χ0v) is 13.7. The molecule has 0 fully saturated rings. The second-order valence-corrected chi connectivity index (χ2v) is 5.18. The first-order valence-electron chi connectivity index (χ1n) is 6.19. The maximum atomic E-state index is 5.49. The predicted octanol–water partition coefficient (Wildman–Crippen LogP) is 4.23. The molecule has 4 heteroatoms. The SMILES string of the molecule is C/C=C\C(C)Cc1cc(Br)c(OC)c(OC)c1OC. The van der Waals surface area contributed by atoms with Crippen molar-refractivity contribution in [1.29, 1.82) is 0 Å². The number of benzene rings is 1. The highest BCUT2D eigenvalue weighted by molar-refractivity contribution is 9.10. The van der Waals surface area contributed by atoms with Gasteiger partial charge in [-0.05, 0) is 46.8 Å². The molecule has 1 atom stereocenters. The molecule has 1 aromatic rings. The maximum Gasteiger partial charge on any atom is 0.204 e. The lowest BCUT2D eigenvalue weighted by molar-refractivity contribution is 0.320. The van der Waals surface area contributed by atoms with Crippen LogP contribution in [0.2, 0.25) is 0 Å². The van der Waals surface area contributed by atoms with Gasteiger partial charge in [-0.2, -0.15) is 0 Å². The lowest BCUT2D eigenvalue weighted by Crippen LogP contribution is -2.03. The summed E-state index contributed by atoms with van der Waals surface area (Å²) < 4.78 is 17.1. The molecule has 0 saturated carbocycles. The summed E-state index contributed by atoms with van der Waals surface area (Å²) in [6, 6.07) is 2.03. The van der Waals surface area contributed by atoms with Gasteiger partial charge >= 0.3 is 0 Å². The summed E-state index contributed by atoms with van der Waals surface area (Å²) in [7, 11) is 4.88. The van der Waals surface area contributed by atoms with Crippen molar-refractivity contribution in [2.24, 2.45) is 5.92 Å². The highest BCUT2D eigenvalue weighted by atomic mass is 79.9. The molecular formula is C15H21BrO3. The molecule has 0 aliphatic heterocycles. The van der Waals surface area contributed by atoms with Gasteiger partial charge < -0.3 is 14.2 Å². The van der Waals surface area contributed by atoms with E-state index in [-0.39, 0.29) is 0 Å². The lowest BCUT2D eigenvalue weighted by Gasteiger charge is -2.18. The Bertz CT molecular complexity index is 455. The molecule has 0 bridgehead atoms. The predicted molar refractivity (Wildman–Crippen MR) is 81.5 cm³/mol. The summed E-state index contributed by atoms with van der Waals surface area (Å²) in [4.78, 5) is 0. The molecule has 0 aliphatic rings. The van der Waals surface area contributed by atoms with Crippen molar-refractivity contribution >= 4 is 15.9 Å². The minimum Gasteiger partial charge on any atom is -0.492 e. The van der Waals surface area contributed by atoms with Gasteiger partial charge in [0.1, 0.15) is 0 Å². The van der Waals surface area contributed by atoms with Crippen LogP contribution < -0.4 is 14.2 Å². The first-order chi connectivity index (χ1) is 9.08. The standard InChI is InChI=1S/C15H21BrO3/c1-6-7-10(2)8-11-9-12(16)14(18-4)15(19-5)13(11)17-3/h6-7,9-10H,8H2,1-5H3/b7-6-. The van der Waals surface area contributed by atoms with Crippen LogP contribution in [0.3, 0.4) is 0 Å². The topological polar surface area (TPSA) is 27.7 Å². The van der Waals surface area contributed by atoms with Gasteiger partial charge in [-0.1, -0.05) is 19.1 Å². The molecule has 3 nitrogen and oxygen atoms in total. The van der Waals surface area contributed by atoms with Gasteiger partial charge in [0.15, 0.2) is 11.5 Å². The Kier molecular flexibility index (Phi) is 6.22. The Hall–Kier alpha value is -1.16. The van der Waals surface area contributed by atoms with Gasteiger partial charge in [-0.15, -0.1) is 0 Å². The fourth-order valence-electron chi connectivity index (χ4n) is 2.14. The van der Waals surface area contributed by atoms with Gasteiger partial charge in [-0.3, -0.25) is 0 Å². The van der Waals surface area contributed by atoms with Gasteiger partial charge in [0, 0.05) is 0 Å². The molecule has 19 heavy (non-hydrogen) atoms. The number of allylic oxidation sites excluding steroid dienone is 2. The summed E-state index contributed by atoms with van der Waals surface area (Å²) >= 11 is 3.51. The van der Waals surface area contributed by atoms with Gasteiger partial charge in [0.05, 0.1) is 25.8 Å². The van der Waals surface area contributed by atoms with E-state index in [0.717, 1.165) is 22.2 Å². The van der Waals surface area contributed by atoms with Crippen LogP contribution in [-0.4, -0.2) is 21.3 Å². The van der Waals surface area contributed by atoms with Crippen molar-refractivity contribution in [2.75, 3.05) is 21.3 Å². The Morgan fingerprint density at radius 1 is 1.11 bits per heavy atom. The Morgan fingerprint density at radius 2 is 1.68 bits per heavy atom. The van der Waals surface area contributed by atoms with Crippen LogP contribution in [0.4, 0.5) is 0 Å². The number of ether oxygens (including phenoxy) is 3. The number of rotatable bonds is 6. The van der Waals surface area contributed by atoms with Gasteiger partial charge in [-0.25, -0.2) is 0 Å². The summed E-state index contributed by atoms with van der Waals surface area (Å²) in [5, 5.41) is 0. The van der Waals surface area contributed by atoms with E-state index >= 15 is 0 Å². The summed E-state index contributed by atoms with van der Waals surface area (Å²) in [5.41, 5.74) is 1.10. The molecular weight excluding hydrogens is 308 g/mol. The first kappa shape index (κ1) is 15.9.